The van der Waals surface area contributed by atoms with E-state index in [2.05, 4.69) is 20.7 Å². The highest BCUT2D eigenvalue weighted by atomic mass is 79.9. The molecule has 0 amide bonds. The van der Waals surface area contributed by atoms with Gasteiger partial charge in [-0.25, -0.2) is 17.5 Å². The molecule has 1 aromatic carbocycles. The SMILES string of the molecule is CN1CCCC(NS(=O)(=O)c2cc(N)c(Br)cc2F)C1. The fourth-order valence-corrected chi connectivity index (χ4v) is 3.97. The molecule has 0 aromatic heterocycles. The van der Waals surface area contributed by atoms with Crippen LogP contribution in [-0.4, -0.2) is 39.5 Å². The molecule has 1 fully saturated rings. The van der Waals surface area contributed by atoms with Gasteiger partial charge in [0, 0.05) is 22.7 Å². The number of nitrogen functional groups attached to an aromatic ring is 1. The van der Waals surface area contributed by atoms with Crippen LogP contribution in [-0.2, 0) is 10.0 Å². The molecule has 1 atom stereocenters. The molecule has 5 nitrogen and oxygen atoms in total. The predicted octanol–water partition coefficient (Wildman–Crippen LogP) is 1.54. The number of benzene rings is 1. The highest BCUT2D eigenvalue weighted by Crippen LogP contribution is 2.26. The predicted molar refractivity (Wildman–Crippen MR) is 79.4 cm³/mol. The van der Waals surface area contributed by atoms with Crippen molar-refractivity contribution in [2.75, 3.05) is 25.9 Å². The van der Waals surface area contributed by atoms with Gasteiger partial charge < -0.3 is 10.6 Å². The zero-order chi connectivity index (χ0) is 14.9. The largest absolute Gasteiger partial charge is 0.398 e. The molecule has 0 saturated carbocycles. The molecule has 112 valence electrons. The van der Waals surface area contributed by atoms with Crippen LogP contribution in [0.1, 0.15) is 12.8 Å². The van der Waals surface area contributed by atoms with Gasteiger partial charge in [-0.3, -0.25) is 0 Å². The Hall–Kier alpha value is -0.700. The Morgan fingerprint density at radius 3 is 2.85 bits per heavy atom. The van der Waals surface area contributed by atoms with Gasteiger partial charge in [-0.15, -0.1) is 0 Å². The quantitative estimate of drug-likeness (QED) is 0.796. The lowest BCUT2D eigenvalue weighted by molar-refractivity contribution is 0.242. The lowest BCUT2D eigenvalue weighted by atomic mass is 10.1. The van der Waals surface area contributed by atoms with E-state index in [9.17, 15) is 12.8 Å². The summed E-state index contributed by atoms with van der Waals surface area (Å²) < 4.78 is 41.2. The van der Waals surface area contributed by atoms with Crippen molar-refractivity contribution in [1.29, 1.82) is 0 Å². The molecule has 2 rings (SSSR count). The molecule has 0 bridgehead atoms. The van der Waals surface area contributed by atoms with Gasteiger partial charge in [-0.1, -0.05) is 0 Å². The molecule has 1 unspecified atom stereocenters. The van der Waals surface area contributed by atoms with E-state index in [1.807, 2.05) is 11.9 Å². The third kappa shape index (κ3) is 3.49. The normalized spacial score (nSPS) is 21.1. The second-order valence-corrected chi connectivity index (χ2v) is 7.56. The van der Waals surface area contributed by atoms with Gasteiger partial charge in [0.15, 0.2) is 0 Å². The van der Waals surface area contributed by atoms with E-state index in [1.165, 1.54) is 0 Å². The van der Waals surface area contributed by atoms with Gasteiger partial charge >= 0.3 is 0 Å². The van der Waals surface area contributed by atoms with E-state index in [-0.39, 0.29) is 11.7 Å². The minimum atomic E-state index is -3.91. The summed E-state index contributed by atoms with van der Waals surface area (Å²) in [6.45, 7) is 1.56. The Labute approximate surface area is 126 Å². The first-order valence-electron chi connectivity index (χ1n) is 6.25. The average Bonchev–Trinajstić information content (AvgIpc) is 2.33. The molecule has 0 spiro atoms. The molecule has 1 aromatic rings. The van der Waals surface area contributed by atoms with Crippen molar-refractivity contribution in [2.45, 2.75) is 23.8 Å². The third-order valence-electron chi connectivity index (χ3n) is 3.29. The van der Waals surface area contributed by atoms with E-state index in [1.54, 1.807) is 0 Å². The van der Waals surface area contributed by atoms with Gasteiger partial charge in [-0.2, -0.15) is 0 Å². The van der Waals surface area contributed by atoms with Crippen molar-refractivity contribution in [2.24, 2.45) is 0 Å². The molecule has 8 heteroatoms. The molecule has 0 aliphatic carbocycles. The molecule has 1 aliphatic rings. The number of hydrogen-bond acceptors (Lipinski definition) is 4. The van der Waals surface area contributed by atoms with E-state index in [4.69, 9.17) is 5.73 Å². The maximum atomic E-state index is 13.8. The summed E-state index contributed by atoms with van der Waals surface area (Å²) in [6, 6.07) is 1.99. The van der Waals surface area contributed by atoms with Crippen molar-refractivity contribution < 1.29 is 12.8 Å². The number of likely N-dealkylation sites (tertiary alicyclic amines) is 1. The summed E-state index contributed by atoms with van der Waals surface area (Å²) in [5, 5.41) is 0. The van der Waals surface area contributed by atoms with Gasteiger partial charge in [0.25, 0.3) is 0 Å². The zero-order valence-electron chi connectivity index (χ0n) is 11.1. The number of nitrogens with zero attached hydrogens (tertiary/aromatic N) is 1. The molecule has 20 heavy (non-hydrogen) atoms. The van der Waals surface area contributed by atoms with Crippen LogP contribution < -0.4 is 10.5 Å². The van der Waals surface area contributed by atoms with Crippen LogP contribution in [0.3, 0.4) is 0 Å². The maximum absolute atomic E-state index is 13.8. The van der Waals surface area contributed by atoms with Gasteiger partial charge in [0.05, 0.1) is 0 Å². The summed E-state index contributed by atoms with van der Waals surface area (Å²) in [4.78, 5) is 1.63. The van der Waals surface area contributed by atoms with E-state index >= 15 is 0 Å². The molecule has 1 aliphatic heterocycles. The number of sulfonamides is 1. The van der Waals surface area contributed by atoms with Crippen LogP contribution in [0, 0.1) is 5.82 Å². The number of nitrogens with one attached hydrogen (secondary N) is 1. The van der Waals surface area contributed by atoms with Crippen LogP contribution in [0.2, 0.25) is 0 Å². The van der Waals surface area contributed by atoms with Crippen LogP contribution >= 0.6 is 15.9 Å². The second kappa shape index (κ2) is 5.97. The maximum Gasteiger partial charge on any atom is 0.243 e. The minimum Gasteiger partial charge on any atom is -0.398 e. The first-order chi connectivity index (χ1) is 9.29. The summed E-state index contributed by atoms with van der Waals surface area (Å²) >= 11 is 3.07. The highest BCUT2D eigenvalue weighted by molar-refractivity contribution is 9.10. The minimum absolute atomic E-state index is 0.188. The zero-order valence-corrected chi connectivity index (χ0v) is 13.5. The lowest BCUT2D eigenvalue weighted by Crippen LogP contribution is -2.46. The molecular weight excluding hydrogens is 349 g/mol. The summed E-state index contributed by atoms with van der Waals surface area (Å²) in [5.41, 5.74) is 5.81. The Morgan fingerprint density at radius 2 is 2.20 bits per heavy atom. The number of piperidine rings is 1. The molecule has 1 heterocycles. The fourth-order valence-electron chi connectivity index (χ4n) is 2.30. The summed E-state index contributed by atoms with van der Waals surface area (Å²) in [5.74, 6) is -0.817. The topological polar surface area (TPSA) is 75.4 Å². The number of nitrogens with two attached hydrogens (primary N) is 1. The van der Waals surface area contributed by atoms with Gasteiger partial charge in [-0.05, 0) is 54.5 Å². The number of rotatable bonds is 3. The standard InChI is InChI=1S/C12H17BrFN3O2S/c1-17-4-2-3-8(7-17)16-20(18,19)12-6-11(15)9(13)5-10(12)14/h5-6,8,16H,2-4,7,15H2,1H3. The average molecular weight is 366 g/mol. The summed E-state index contributed by atoms with van der Waals surface area (Å²) in [6.07, 6.45) is 1.66. The van der Waals surface area contributed by atoms with Crippen molar-refractivity contribution in [3.05, 3.63) is 22.4 Å². The molecular formula is C12H17BrFN3O2S. The number of likely N-dealkylation sites (N-methyl/N-ethyl adjacent to an activating group) is 1. The first-order valence-corrected chi connectivity index (χ1v) is 8.52. The highest BCUT2D eigenvalue weighted by Gasteiger charge is 2.26. The molecule has 0 radical (unpaired) electrons. The Bertz CT molecular complexity index is 609. The van der Waals surface area contributed by atoms with Crippen molar-refractivity contribution in [1.82, 2.24) is 9.62 Å². The van der Waals surface area contributed by atoms with Crippen molar-refractivity contribution in [3.8, 4) is 0 Å². The van der Waals surface area contributed by atoms with E-state index in [0.717, 1.165) is 31.5 Å². The Morgan fingerprint density at radius 1 is 1.50 bits per heavy atom. The molecule has 3 N–H and O–H groups in total. The van der Waals surface area contributed by atoms with Crippen molar-refractivity contribution in [3.63, 3.8) is 0 Å². The van der Waals surface area contributed by atoms with Gasteiger partial charge in [0.1, 0.15) is 10.7 Å². The second-order valence-electron chi connectivity index (χ2n) is 5.03. The van der Waals surface area contributed by atoms with E-state index < -0.39 is 20.7 Å². The van der Waals surface area contributed by atoms with Crippen LogP contribution in [0.5, 0.6) is 0 Å². The Balaban J connectivity index is 2.24. The lowest BCUT2D eigenvalue weighted by Gasteiger charge is -2.30. The number of halogens is 2. The summed E-state index contributed by atoms with van der Waals surface area (Å²) in [7, 11) is -1.98. The monoisotopic (exact) mass is 365 g/mol. The van der Waals surface area contributed by atoms with E-state index in [0.29, 0.717) is 11.0 Å². The van der Waals surface area contributed by atoms with Crippen LogP contribution in [0.4, 0.5) is 10.1 Å². The van der Waals surface area contributed by atoms with Crippen molar-refractivity contribution >= 4 is 31.6 Å². The number of hydrogen-bond donors (Lipinski definition) is 2. The van der Waals surface area contributed by atoms with Crippen LogP contribution in [0.25, 0.3) is 0 Å². The first kappa shape index (κ1) is 15.7. The molecule has 1 saturated heterocycles. The van der Waals surface area contributed by atoms with Crippen LogP contribution in [0.15, 0.2) is 21.5 Å². The number of anilines is 1. The smallest absolute Gasteiger partial charge is 0.243 e. The third-order valence-corrected chi connectivity index (χ3v) is 5.51. The fraction of sp³-hybridized carbons (Fsp3) is 0.500. The Kier molecular flexibility index (Phi) is 4.68. The van der Waals surface area contributed by atoms with Gasteiger partial charge in [0.2, 0.25) is 10.0 Å².